The molecule has 1 N–H and O–H groups in total. The van der Waals surface area contributed by atoms with Gasteiger partial charge in [0, 0.05) is 51.1 Å². The van der Waals surface area contributed by atoms with Crippen LogP contribution < -0.4 is 4.72 Å². The van der Waals surface area contributed by atoms with Crippen LogP contribution in [0.25, 0.3) is 0 Å². The topological polar surface area (TPSA) is 126 Å². The van der Waals surface area contributed by atoms with Gasteiger partial charge in [0.25, 0.3) is 21.6 Å². The molecule has 1 aliphatic heterocycles. The number of carbonyl (C=O) groups is 1. The van der Waals surface area contributed by atoms with Crippen LogP contribution >= 0.6 is 0 Å². The quantitative estimate of drug-likeness (QED) is 0.406. The Kier molecular flexibility index (Phi) is 6.85. The molecule has 1 aliphatic rings. The number of nitrogens with zero attached hydrogens (tertiary/aromatic N) is 4. The van der Waals surface area contributed by atoms with Gasteiger partial charge in [0.05, 0.1) is 26.8 Å². The molecule has 1 amide bonds. The molecule has 0 bridgehead atoms. The van der Waals surface area contributed by atoms with Crippen LogP contribution in [0.2, 0.25) is 0 Å². The first-order valence-corrected chi connectivity index (χ1v) is 12.1. The van der Waals surface area contributed by atoms with Crippen LogP contribution in [-0.2, 0) is 16.6 Å². The van der Waals surface area contributed by atoms with E-state index in [4.69, 9.17) is 0 Å². The molecule has 0 spiro atoms. The third-order valence-corrected chi connectivity index (χ3v) is 6.87. The van der Waals surface area contributed by atoms with E-state index in [1.807, 2.05) is 18.2 Å². The molecule has 2 aromatic carbocycles. The number of non-ortho nitro benzene ring substituents is 1. The predicted molar refractivity (Wildman–Crippen MR) is 126 cm³/mol. The lowest BCUT2D eigenvalue weighted by Crippen LogP contribution is -2.48. The molecule has 10 nitrogen and oxygen atoms in total. The standard InChI is InChI=1S/C23H23N5O5S/c29-23(27-14-12-26(13-15-27)17-18-6-3-4-11-24-18)21-9-1-2-10-22(21)25-34(32,33)20-8-5-7-19(16-20)28(30)31/h1-11,16,25H,12-15,17H2. The van der Waals surface area contributed by atoms with Crippen LogP contribution in [0.5, 0.6) is 0 Å². The fraction of sp³-hybridized carbons (Fsp3) is 0.217. The van der Waals surface area contributed by atoms with Crippen LogP contribution in [0.15, 0.2) is 77.8 Å². The van der Waals surface area contributed by atoms with Crippen molar-refractivity contribution in [1.29, 1.82) is 0 Å². The summed E-state index contributed by atoms with van der Waals surface area (Å²) in [7, 11) is -4.14. The maximum absolute atomic E-state index is 13.2. The molecule has 1 fully saturated rings. The highest BCUT2D eigenvalue weighted by molar-refractivity contribution is 7.92. The van der Waals surface area contributed by atoms with Gasteiger partial charge >= 0.3 is 0 Å². The molecule has 34 heavy (non-hydrogen) atoms. The van der Waals surface area contributed by atoms with E-state index in [0.717, 1.165) is 11.8 Å². The molecule has 1 saturated heterocycles. The second kappa shape index (κ2) is 9.98. The minimum absolute atomic E-state index is 0.120. The van der Waals surface area contributed by atoms with E-state index in [9.17, 15) is 23.3 Å². The molecule has 0 atom stereocenters. The van der Waals surface area contributed by atoms with E-state index in [0.29, 0.717) is 32.7 Å². The average molecular weight is 482 g/mol. The second-order valence-corrected chi connectivity index (χ2v) is 9.48. The minimum atomic E-state index is -4.14. The zero-order valence-electron chi connectivity index (χ0n) is 18.2. The van der Waals surface area contributed by atoms with Gasteiger partial charge in [-0.05, 0) is 30.3 Å². The van der Waals surface area contributed by atoms with Gasteiger partial charge in [0.1, 0.15) is 0 Å². The molecule has 11 heteroatoms. The van der Waals surface area contributed by atoms with Crippen molar-refractivity contribution in [3.8, 4) is 0 Å². The van der Waals surface area contributed by atoms with Crippen molar-refractivity contribution in [3.63, 3.8) is 0 Å². The number of sulfonamides is 1. The molecule has 2 heterocycles. The third kappa shape index (κ3) is 5.38. The van der Waals surface area contributed by atoms with Gasteiger partial charge in [-0.15, -0.1) is 0 Å². The number of hydrogen-bond acceptors (Lipinski definition) is 7. The number of piperazine rings is 1. The SMILES string of the molecule is O=C(c1ccccc1NS(=O)(=O)c1cccc([N+](=O)[O-])c1)N1CCN(Cc2ccccn2)CC1. The summed E-state index contributed by atoms with van der Waals surface area (Å²) >= 11 is 0. The lowest BCUT2D eigenvalue weighted by atomic mass is 10.1. The Bertz CT molecular complexity index is 1290. The van der Waals surface area contributed by atoms with Crippen molar-refractivity contribution in [3.05, 3.63) is 94.3 Å². The number of hydrogen-bond donors (Lipinski definition) is 1. The molecule has 0 saturated carbocycles. The highest BCUT2D eigenvalue weighted by Gasteiger charge is 2.26. The van der Waals surface area contributed by atoms with Gasteiger partial charge in [-0.1, -0.05) is 24.3 Å². The molecule has 4 rings (SSSR count). The van der Waals surface area contributed by atoms with Gasteiger partial charge in [0.15, 0.2) is 0 Å². The summed E-state index contributed by atoms with van der Waals surface area (Å²) < 4.78 is 28.2. The summed E-state index contributed by atoms with van der Waals surface area (Å²) in [5, 5.41) is 11.0. The molecular formula is C23H23N5O5S. The van der Waals surface area contributed by atoms with Crippen molar-refractivity contribution in [2.75, 3.05) is 30.9 Å². The number of rotatable bonds is 7. The number of carbonyl (C=O) groups excluding carboxylic acids is 1. The van der Waals surface area contributed by atoms with E-state index in [1.165, 1.54) is 24.3 Å². The summed E-state index contributed by atoms with van der Waals surface area (Å²) in [6.07, 6.45) is 1.75. The summed E-state index contributed by atoms with van der Waals surface area (Å²) in [4.78, 5) is 31.6. The van der Waals surface area contributed by atoms with E-state index in [-0.39, 0.29) is 27.7 Å². The Morgan fingerprint density at radius 1 is 1.00 bits per heavy atom. The Labute approximate surface area is 197 Å². The van der Waals surface area contributed by atoms with Crippen molar-refractivity contribution < 1.29 is 18.1 Å². The number of nitrogens with one attached hydrogen (secondary N) is 1. The van der Waals surface area contributed by atoms with Gasteiger partial charge in [-0.3, -0.25) is 29.5 Å². The molecule has 0 aliphatic carbocycles. The molecule has 0 radical (unpaired) electrons. The normalized spacial score (nSPS) is 14.5. The van der Waals surface area contributed by atoms with E-state index in [1.54, 1.807) is 29.3 Å². The maximum Gasteiger partial charge on any atom is 0.270 e. The number of para-hydroxylation sites is 1. The van der Waals surface area contributed by atoms with Gasteiger partial charge in [-0.2, -0.15) is 0 Å². The molecule has 176 valence electrons. The fourth-order valence-electron chi connectivity index (χ4n) is 3.73. The minimum Gasteiger partial charge on any atom is -0.336 e. The number of nitro benzene ring substituents is 1. The maximum atomic E-state index is 13.2. The van der Waals surface area contributed by atoms with Crippen molar-refractivity contribution in [2.24, 2.45) is 0 Å². The number of pyridine rings is 1. The Hall–Kier alpha value is -3.83. The first-order valence-electron chi connectivity index (χ1n) is 10.6. The van der Waals surface area contributed by atoms with E-state index < -0.39 is 14.9 Å². The zero-order valence-corrected chi connectivity index (χ0v) is 19.0. The van der Waals surface area contributed by atoms with E-state index in [2.05, 4.69) is 14.6 Å². The number of aromatic nitrogens is 1. The van der Waals surface area contributed by atoms with Crippen LogP contribution in [0.4, 0.5) is 11.4 Å². The lowest BCUT2D eigenvalue weighted by molar-refractivity contribution is -0.385. The van der Waals surface area contributed by atoms with Crippen molar-refractivity contribution in [2.45, 2.75) is 11.4 Å². The predicted octanol–water partition coefficient (Wildman–Crippen LogP) is 2.75. The summed E-state index contributed by atoms with van der Waals surface area (Å²) in [5.41, 5.74) is 0.962. The Balaban J connectivity index is 1.46. The zero-order chi connectivity index (χ0) is 24.1. The summed E-state index contributed by atoms with van der Waals surface area (Å²) in [6, 6.07) is 16.9. The Morgan fingerprint density at radius 3 is 2.44 bits per heavy atom. The molecular weight excluding hydrogens is 458 g/mol. The van der Waals surface area contributed by atoms with Gasteiger partial charge in [-0.25, -0.2) is 8.42 Å². The van der Waals surface area contributed by atoms with Gasteiger partial charge < -0.3 is 4.90 Å². The van der Waals surface area contributed by atoms with Crippen LogP contribution in [0.1, 0.15) is 16.1 Å². The lowest BCUT2D eigenvalue weighted by Gasteiger charge is -2.34. The van der Waals surface area contributed by atoms with Crippen LogP contribution in [0.3, 0.4) is 0 Å². The fourth-order valence-corrected chi connectivity index (χ4v) is 4.85. The first kappa shape index (κ1) is 23.3. The van der Waals surface area contributed by atoms with Gasteiger partial charge in [0.2, 0.25) is 0 Å². The van der Waals surface area contributed by atoms with Crippen molar-refractivity contribution >= 4 is 27.3 Å². The Morgan fingerprint density at radius 2 is 1.74 bits per heavy atom. The number of benzene rings is 2. The third-order valence-electron chi connectivity index (χ3n) is 5.51. The molecule has 0 unspecified atom stereocenters. The van der Waals surface area contributed by atoms with Crippen LogP contribution in [-0.4, -0.2) is 60.2 Å². The first-order chi connectivity index (χ1) is 16.3. The van der Waals surface area contributed by atoms with E-state index >= 15 is 0 Å². The highest BCUT2D eigenvalue weighted by Crippen LogP contribution is 2.24. The smallest absolute Gasteiger partial charge is 0.270 e. The monoisotopic (exact) mass is 481 g/mol. The molecule has 3 aromatic rings. The summed E-state index contributed by atoms with van der Waals surface area (Å²) in [6.45, 7) is 3.03. The number of anilines is 1. The van der Waals surface area contributed by atoms with Crippen LogP contribution in [0, 0.1) is 10.1 Å². The summed E-state index contributed by atoms with van der Waals surface area (Å²) in [5.74, 6) is -0.283. The second-order valence-electron chi connectivity index (χ2n) is 7.79. The largest absolute Gasteiger partial charge is 0.336 e. The van der Waals surface area contributed by atoms with Crippen molar-refractivity contribution in [1.82, 2.24) is 14.8 Å². The molecule has 1 aromatic heterocycles. The average Bonchev–Trinajstić information content (AvgIpc) is 2.85. The number of amides is 1. The highest BCUT2D eigenvalue weighted by atomic mass is 32.2. The number of nitro groups is 1.